The van der Waals surface area contributed by atoms with Gasteiger partial charge in [0.1, 0.15) is 0 Å². The molecule has 0 radical (unpaired) electrons. The van der Waals surface area contributed by atoms with E-state index in [-0.39, 0.29) is 11.5 Å². The highest BCUT2D eigenvalue weighted by Gasteiger charge is 2.37. The van der Waals surface area contributed by atoms with Gasteiger partial charge in [0.05, 0.1) is 27.6 Å². The normalized spacial score (nSPS) is 14.1. The molecule has 0 N–H and O–H groups in total. The minimum atomic E-state index is -1.87. The van der Waals surface area contributed by atoms with E-state index in [1.54, 1.807) is 13.8 Å². The zero-order chi connectivity index (χ0) is 20.5. The number of ether oxygens (including phenoxy) is 2. The fourth-order valence-corrected chi connectivity index (χ4v) is 5.75. The van der Waals surface area contributed by atoms with Crippen LogP contribution >= 0.6 is 0 Å². The van der Waals surface area contributed by atoms with Gasteiger partial charge >= 0.3 is 17.7 Å². The first kappa shape index (κ1) is 24.5. The molecule has 0 amide bonds. The molecule has 0 saturated heterocycles. The quantitative estimate of drug-likeness (QED) is 0.163. The summed E-state index contributed by atoms with van der Waals surface area (Å²) in [6, 6.07) is 1.79. The van der Waals surface area contributed by atoms with Crippen LogP contribution in [0.3, 0.4) is 0 Å². The van der Waals surface area contributed by atoms with Gasteiger partial charge in [0.15, 0.2) is 0 Å². The van der Waals surface area contributed by atoms with Crippen molar-refractivity contribution < 1.29 is 23.9 Å². The van der Waals surface area contributed by atoms with Crippen molar-refractivity contribution in [2.45, 2.75) is 76.4 Å². The van der Waals surface area contributed by atoms with Crippen molar-refractivity contribution in [2.24, 2.45) is 0 Å². The number of rotatable bonds is 12. The number of carbonyl (C=O) groups is 3. The van der Waals surface area contributed by atoms with Crippen molar-refractivity contribution >= 4 is 33.9 Å². The van der Waals surface area contributed by atoms with Crippen LogP contribution in [0.15, 0.2) is 25.3 Å². The molecule has 0 aliphatic carbocycles. The van der Waals surface area contributed by atoms with Crippen LogP contribution in [0, 0.1) is 0 Å². The Hall–Kier alpha value is -1.48. The van der Waals surface area contributed by atoms with E-state index in [0.717, 1.165) is 24.9 Å². The standard InChI is InChI=1S/C19H34O5Si2/c1-9-11-13-25(5,6)15(3)23-18(21)17(20)19(22)24-16(4)26(7,8)14-12-10-2/h9-10,15-16H,1-2,11-14H2,3-8H3. The number of allylic oxidation sites excluding steroid dienone is 2. The zero-order valence-corrected chi connectivity index (χ0v) is 19.1. The van der Waals surface area contributed by atoms with Gasteiger partial charge in [-0.1, -0.05) is 50.4 Å². The summed E-state index contributed by atoms with van der Waals surface area (Å²) in [6.07, 6.45) is 5.31. The molecule has 0 saturated carbocycles. The molecule has 0 aromatic heterocycles. The third-order valence-corrected chi connectivity index (χ3v) is 12.9. The van der Waals surface area contributed by atoms with Gasteiger partial charge in [-0.15, -0.1) is 13.2 Å². The van der Waals surface area contributed by atoms with E-state index in [1.165, 1.54) is 0 Å². The maximum absolute atomic E-state index is 12.0. The van der Waals surface area contributed by atoms with Crippen LogP contribution in [-0.4, -0.2) is 45.3 Å². The van der Waals surface area contributed by atoms with E-state index < -0.39 is 33.9 Å². The van der Waals surface area contributed by atoms with Crippen LogP contribution in [0.2, 0.25) is 38.3 Å². The summed E-state index contributed by atoms with van der Waals surface area (Å²) in [4.78, 5) is 36.1. The van der Waals surface area contributed by atoms with Gasteiger partial charge in [-0.25, -0.2) is 9.59 Å². The highest BCUT2D eigenvalue weighted by molar-refractivity contribution is 6.79. The van der Waals surface area contributed by atoms with Gasteiger partial charge in [-0.2, -0.15) is 0 Å². The van der Waals surface area contributed by atoms with E-state index >= 15 is 0 Å². The summed E-state index contributed by atoms with van der Waals surface area (Å²) in [6.45, 7) is 19.3. The van der Waals surface area contributed by atoms with Crippen LogP contribution in [0.25, 0.3) is 0 Å². The predicted molar refractivity (Wildman–Crippen MR) is 110 cm³/mol. The number of esters is 2. The topological polar surface area (TPSA) is 69.7 Å². The molecule has 148 valence electrons. The maximum Gasteiger partial charge on any atom is 0.386 e. The molecule has 0 aromatic rings. The van der Waals surface area contributed by atoms with Crippen LogP contribution in [-0.2, 0) is 23.9 Å². The molecule has 0 rings (SSSR count). The average molecular weight is 399 g/mol. The van der Waals surface area contributed by atoms with Crippen molar-refractivity contribution in [2.75, 3.05) is 0 Å². The molecule has 7 heteroatoms. The van der Waals surface area contributed by atoms with Crippen LogP contribution < -0.4 is 0 Å². The largest absolute Gasteiger partial charge is 0.460 e. The molecule has 26 heavy (non-hydrogen) atoms. The molecule has 0 fully saturated rings. The van der Waals surface area contributed by atoms with Gasteiger partial charge in [0.2, 0.25) is 0 Å². The monoisotopic (exact) mass is 398 g/mol. The van der Waals surface area contributed by atoms with Crippen LogP contribution in [0.5, 0.6) is 0 Å². The molecule has 2 unspecified atom stereocenters. The Balaban J connectivity index is 4.77. The lowest BCUT2D eigenvalue weighted by atomic mass is 10.4. The number of carbonyl (C=O) groups excluding carboxylic acids is 3. The smallest absolute Gasteiger partial charge is 0.386 e. The first-order chi connectivity index (χ1) is 11.9. The lowest BCUT2D eigenvalue weighted by molar-refractivity contribution is -0.165. The predicted octanol–water partition coefficient (Wildman–Crippen LogP) is 4.07. The Morgan fingerprint density at radius 3 is 1.38 bits per heavy atom. The highest BCUT2D eigenvalue weighted by atomic mass is 28.3. The fraction of sp³-hybridized carbons (Fsp3) is 0.632. The molecular formula is C19H34O5Si2. The van der Waals surface area contributed by atoms with Crippen LogP contribution in [0.4, 0.5) is 0 Å². The molecule has 0 aliphatic rings. The molecule has 2 atom stereocenters. The lowest BCUT2D eigenvalue weighted by Gasteiger charge is -2.29. The van der Waals surface area contributed by atoms with E-state index in [2.05, 4.69) is 39.3 Å². The Kier molecular flexibility index (Phi) is 10.0. The molecule has 0 bridgehead atoms. The summed E-state index contributed by atoms with van der Waals surface area (Å²) in [5.74, 6) is -3.48. The minimum absolute atomic E-state index is 0.373. The molecule has 0 aromatic carbocycles. The number of ketones is 1. The van der Waals surface area contributed by atoms with Gasteiger partial charge in [-0.05, 0) is 26.7 Å². The SMILES string of the molecule is C=CCC[Si](C)(C)C(C)OC(=O)C(=O)C(=O)OC(C)[Si](C)(C)CCC=C. The Bertz CT molecular complexity index is 494. The molecule has 0 heterocycles. The molecular weight excluding hydrogens is 364 g/mol. The first-order valence-electron chi connectivity index (χ1n) is 9.06. The molecule has 0 spiro atoms. The number of hydrogen-bond acceptors (Lipinski definition) is 5. The first-order valence-corrected chi connectivity index (χ1v) is 15.6. The maximum atomic E-state index is 12.0. The number of hydrogen-bond donors (Lipinski definition) is 0. The van der Waals surface area contributed by atoms with Crippen molar-refractivity contribution in [1.29, 1.82) is 0 Å². The number of Topliss-reactive ketones (excluding diaryl/α,β-unsaturated/α-hetero) is 1. The summed E-state index contributed by atoms with van der Waals surface area (Å²) in [7, 11) is -3.74. The van der Waals surface area contributed by atoms with Crippen molar-refractivity contribution in [3.63, 3.8) is 0 Å². The molecule has 5 nitrogen and oxygen atoms in total. The van der Waals surface area contributed by atoms with Gasteiger partial charge in [-0.3, -0.25) is 4.79 Å². The zero-order valence-electron chi connectivity index (χ0n) is 17.1. The average Bonchev–Trinajstić information content (AvgIpc) is 2.57. The third kappa shape index (κ3) is 7.82. The second-order valence-corrected chi connectivity index (χ2v) is 18.6. The van der Waals surface area contributed by atoms with Crippen molar-refractivity contribution in [1.82, 2.24) is 0 Å². The molecule has 0 aliphatic heterocycles. The second-order valence-electron chi connectivity index (χ2n) is 8.06. The third-order valence-electron chi connectivity index (χ3n) is 5.13. The highest BCUT2D eigenvalue weighted by Crippen LogP contribution is 2.21. The Morgan fingerprint density at radius 2 is 1.12 bits per heavy atom. The van der Waals surface area contributed by atoms with Gasteiger partial charge < -0.3 is 9.47 Å². The summed E-state index contributed by atoms with van der Waals surface area (Å²) >= 11 is 0. The Labute approximate surface area is 159 Å². The van der Waals surface area contributed by atoms with E-state index in [0.29, 0.717) is 0 Å². The van der Waals surface area contributed by atoms with E-state index in [1.807, 2.05) is 12.2 Å². The summed E-state index contributed by atoms with van der Waals surface area (Å²) in [5.41, 5.74) is -0.745. The second kappa shape index (κ2) is 10.6. The van der Waals surface area contributed by atoms with Crippen molar-refractivity contribution in [3.05, 3.63) is 25.3 Å². The fourth-order valence-electron chi connectivity index (χ4n) is 2.19. The Morgan fingerprint density at radius 1 is 0.808 bits per heavy atom. The lowest BCUT2D eigenvalue weighted by Crippen LogP contribution is -2.46. The summed E-state index contributed by atoms with van der Waals surface area (Å²) in [5, 5.41) is 0. The minimum Gasteiger partial charge on any atom is -0.460 e. The van der Waals surface area contributed by atoms with Gasteiger partial charge in [0.25, 0.3) is 0 Å². The summed E-state index contributed by atoms with van der Waals surface area (Å²) < 4.78 is 10.5. The van der Waals surface area contributed by atoms with Gasteiger partial charge in [0, 0.05) is 0 Å². The van der Waals surface area contributed by atoms with Crippen LogP contribution in [0.1, 0.15) is 26.7 Å². The van der Waals surface area contributed by atoms with E-state index in [9.17, 15) is 14.4 Å². The van der Waals surface area contributed by atoms with E-state index in [4.69, 9.17) is 9.47 Å². The van der Waals surface area contributed by atoms with Crippen molar-refractivity contribution in [3.8, 4) is 0 Å².